The number of halogens is 1. The van der Waals surface area contributed by atoms with Crippen molar-refractivity contribution in [3.63, 3.8) is 0 Å². The van der Waals surface area contributed by atoms with Gasteiger partial charge in [-0.2, -0.15) is 0 Å². The first-order valence-electron chi connectivity index (χ1n) is 7.45. The molecule has 1 aliphatic rings. The summed E-state index contributed by atoms with van der Waals surface area (Å²) < 4.78 is 5.29. The van der Waals surface area contributed by atoms with Crippen molar-refractivity contribution in [2.45, 2.75) is 32.2 Å². The minimum atomic E-state index is -0.0199. The van der Waals surface area contributed by atoms with E-state index in [0.29, 0.717) is 28.8 Å². The molecule has 2 unspecified atom stereocenters. The Kier molecular flexibility index (Phi) is 5.48. The van der Waals surface area contributed by atoms with Crippen molar-refractivity contribution in [2.75, 3.05) is 20.2 Å². The molecule has 21 heavy (non-hydrogen) atoms. The number of rotatable bonds is 4. The summed E-state index contributed by atoms with van der Waals surface area (Å²) in [6.07, 6.45) is 3.16. The lowest BCUT2D eigenvalue weighted by molar-refractivity contribution is 0.0555. The van der Waals surface area contributed by atoms with E-state index in [0.717, 1.165) is 25.8 Å². The maximum atomic E-state index is 12.8. The van der Waals surface area contributed by atoms with E-state index in [2.05, 4.69) is 6.92 Å². The van der Waals surface area contributed by atoms with Gasteiger partial charge in [0.1, 0.15) is 5.75 Å². The molecule has 5 heteroatoms. The molecule has 116 valence electrons. The fourth-order valence-electron chi connectivity index (χ4n) is 2.99. The van der Waals surface area contributed by atoms with Gasteiger partial charge in [0.05, 0.1) is 12.7 Å². The number of nitrogens with zero attached hydrogens (tertiary/aromatic N) is 1. The van der Waals surface area contributed by atoms with E-state index in [9.17, 15) is 4.79 Å². The van der Waals surface area contributed by atoms with Crippen LogP contribution in [0.4, 0.5) is 0 Å². The lowest BCUT2D eigenvalue weighted by Gasteiger charge is -2.39. The summed E-state index contributed by atoms with van der Waals surface area (Å²) in [4.78, 5) is 14.7. The molecule has 1 aliphatic heterocycles. The zero-order chi connectivity index (χ0) is 15.4. The zero-order valence-corrected chi connectivity index (χ0v) is 13.4. The highest BCUT2D eigenvalue weighted by atomic mass is 35.5. The van der Waals surface area contributed by atoms with Crippen LogP contribution in [-0.4, -0.2) is 37.0 Å². The van der Waals surface area contributed by atoms with Crippen molar-refractivity contribution in [1.29, 1.82) is 0 Å². The average Bonchev–Trinajstić information content (AvgIpc) is 2.53. The zero-order valence-electron chi connectivity index (χ0n) is 12.6. The smallest absolute Gasteiger partial charge is 0.257 e. The van der Waals surface area contributed by atoms with Gasteiger partial charge in [-0.3, -0.25) is 4.79 Å². The number of likely N-dealkylation sites (tertiary alicyclic amines) is 1. The highest BCUT2D eigenvalue weighted by molar-refractivity contribution is 6.30. The second kappa shape index (κ2) is 7.14. The molecule has 1 heterocycles. The van der Waals surface area contributed by atoms with Gasteiger partial charge in [-0.1, -0.05) is 24.9 Å². The lowest BCUT2D eigenvalue weighted by atomic mass is 9.88. The molecule has 0 radical (unpaired) electrons. The molecule has 0 spiro atoms. The van der Waals surface area contributed by atoms with Gasteiger partial charge in [0.2, 0.25) is 0 Å². The van der Waals surface area contributed by atoms with Gasteiger partial charge in [0.25, 0.3) is 5.91 Å². The molecule has 2 rings (SSSR count). The number of piperidine rings is 1. The van der Waals surface area contributed by atoms with E-state index >= 15 is 0 Å². The number of amides is 1. The van der Waals surface area contributed by atoms with Gasteiger partial charge in [-0.25, -0.2) is 0 Å². The van der Waals surface area contributed by atoms with Gasteiger partial charge in [-0.15, -0.1) is 0 Å². The van der Waals surface area contributed by atoms with Crippen molar-refractivity contribution in [3.05, 3.63) is 28.8 Å². The third-order valence-corrected chi connectivity index (χ3v) is 4.56. The number of nitrogens with two attached hydrogens (primary N) is 1. The molecule has 0 aliphatic carbocycles. The third-order valence-electron chi connectivity index (χ3n) is 4.33. The van der Waals surface area contributed by atoms with E-state index in [1.807, 2.05) is 4.90 Å². The van der Waals surface area contributed by atoms with Crippen LogP contribution in [0.25, 0.3) is 0 Å². The molecule has 0 aromatic heterocycles. The normalized spacial score (nSPS) is 22.2. The summed E-state index contributed by atoms with van der Waals surface area (Å²) in [5.74, 6) is 1.16. The van der Waals surface area contributed by atoms with Crippen molar-refractivity contribution in [3.8, 4) is 5.75 Å². The van der Waals surface area contributed by atoms with Crippen molar-refractivity contribution >= 4 is 17.5 Å². The minimum Gasteiger partial charge on any atom is -0.496 e. The Bertz CT molecular complexity index is 507. The minimum absolute atomic E-state index is 0.0199. The van der Waals surface area contributed by atoms with Crippen LogP contribution in [-0.2, 0) is 0 Å². The van der Waals surface area contributed by atoms with Gasteiger partial charge < -0.3 is 15.4 Å². The fraction of sp³-hybridized carbons (Fsp3) is 0.562. The molecular formula is C16H23ClN2O2. The van der Waals surface area contributed by atoms with Crippen LogP contribution in [0.2, 0.25) is 5.02 Å². The van der Waals surface area contributed by atoms with Gasteiger partial charge in [-0.05, 0) is 37.0 Å². The Labute approximate surface area is 131 Å². The maximum Gasteiger partial charge on any atom is 0.257 e. The number of carbonyl (C=O) groups excluding carboxylic acids is 1. The van der Waals surface area contributed by atoms with Crippen molar-refractivity contribution < 1.29 is 9.53 Å². The number of hydrogen-bond donors (Lipinski definition) is 1. The van der Waals surface area contributed by atoms with E-state index in [1.54, 1.807) is 25.3 Å². The first-order chi connectivity index (χ1) is 10.1. The molecule has 1 amide bonds. The van der Waals surface area contributed by atoms with Crippen molar-refractivity contribution in [1.82, 2.24) is 4.90 Å². The number of carbonyl (C=O) groups is 1. The summed E-state index contributed by atoms with van der Waals surface area (Å²) >= 11 is 5.96. The monoisotopic (exact) mass is 310 g/mol. The van der Waals surface area contributed by atoms with E-state index in [1.165, 1.54) is 0 Å². The Morgan fingerprint density at radius 3 is 2.90 bits per heavy atom. The Morgan fingerprint density at radius 1 is 1.52 bits per heavy atom. The molecule has 2 N–H and O–H groups in total. The molecular weight excluding hydrogens is 288 g/mol. The summed E-state index contributed by atoms with van der Waals surface area (Å²) in [6, 6.07) is 5.22. The quantitative estimate of drug-likeness (QED) is 0.930. The standard InChI is InChI=1S/C16H23ClN2O2/c1-3-11-6-7-19(13(8-11)10-18)16(20)14-5-4-12(17)9-15(14)21-2/h4-5,9,11,13H,3,6-8,10,18H2,1-2H3. The van der Waals surface area contributed by atoms with Gasteiger partial charge in [0.15, 0.2) is 0 Å². The van der Waals surface area contributed by atoms with Crippen LogP contribution >= 0.6 is 11.6 Å². The SMILES string of the molecule is CCC1CCN(C(=O)c2ccc(Cl)cc2OC)C(CN)C1. The second-order valence-corrected chi connectivity index (χ2v) is 5.97. The lowest BCUT2D eigenvalue weighted by Crippen LogP contribution is -2.49. The van der Waals surface area contributed by atoms with Crippen LogP contribution in [0.15, 0.2) is 18.2 Å². The molecule has 1 aromatic carbocycles. The van der Waals surface area contributed by atoms with E-state index < -0.39 is 0 Å². The number of hydrogen-bond acceptors (Lipinski definition) is 3. The topological polar surface area (TPSA) is 55.6 Å². The summed E-state index contributed by atoms with van der Waals surface area (Å²) in [7, 11) is 1.55. The van der Waals surface area contributed by atoms with Gasteiger partial charge in [0, 0.05) is 24.2 Å². The highest BCUT2D eigenvalue weighted by Gasteiger charge is 2.31. The molecule has 2 atom stereocenters. The summed E-state index contributed by atoms with van der Waals surface area (Å²) in [5, 5.41) is 0.559. The number of methoxy groups -OCH3 is 1. The third kappa shape index (κ3) is 3.50. The predicted octanol–water partition coefficient (Wildman–Crippen LogP) is 2.94. The highest BCUT2D eigenvalue weighted by Crippen LogP contribution is 2.29. The Morgan fingerprint density at radius 2 is 2.29 bits per heavy atom. The first-order valence-corrected chi connectivity index (χ1v) is 7.83. The molecule has 0 saturated carbocycles. The average molecular weight is 311 g/mol. The molecule has 4 nitrogen and oxygen atoms in total. The summed E-state index contributed by atoms with van der Waals surface area (Å²) in [5.41, 5.74) is 6.43. The second-order valence-electron chi connectivity index (χ2n) is 5.53. The summed E-state index contributed by atoms with van der Waals surface area (Å²) in [6.45, 7) is 3.45. The van der Waals surface area contributed by atoms with Crippen LogP contribution in [0.1, 0.15) is 36.5 Å². The van der Waals surface area contributed by atoms with Crippen LogP contribution in [0.3, 0.4) is 0 Å². The maximum absolute atomic E-state index is 12.8. The number of benzene rings is 1. The van der Waals surface area contributed by atoms with E-state index in [-0.39, 0.29) is 11.9 Å². The number of ether oxygens (including phenoxy) is 1. The molecule has 1 fully saturated rings. The van der Waals surface area contributed by atoms with Crippen molar-refractivity contribution in [2.24, 2.45) is 11.7 Å². The molecule has 1 aromatic rings. The predicted molar refractivity (Wildman–Crippen MR) is 84.9 cm³/mol. The Balaban J connectivity index is 2.23. The van der Waals surface area contributed by atoms with Crippen LogP contribution in [0.5, 0.6) is 5.75 Å². The van der Waals surface area contributed by atoms with Gasteiger partial charge >= 0.3 is 0 Å². The molecule has 0 bridgehead atoms. The van der Waals surface area contributed by atoms with E-state index in [4.69, 9.17) is 22.1 Å². The fourth-order valence-corrected chi connectivity index (χ4v) is 3.15. The Hall–Kier alpha value is -1.26. The largest absolute Gasteiger partial charge is 0.496 e. The molecule has 1 saturated heterocycles. The van der Waals surface area contributed by atoms with Crippen LogP contribution < -0.4 is 10.5 Å². The first kappa shape index (κ1) is 16.1. The van der Waals surface area contributed by atoms with Crippen LogP contribution in [0, 0.1) is 5.92 Å².